The highest BCUT2D eigenvalue weighted by Gasteiger charge is 2.19. The van der Waals surface area contributed by atoms with Crippen molar-refractivity contribution in [2.45, 2.75) is 44.4 Å². The molecule has 0 heterocycles. The van der Waals surface area contributed by atoms with Gasteiger partial charge in [-0.1, -0.05) is 13.8 Å². The molecule has 0 fully saturated rings. The zero-order valence-corrected chi connectivity index (χ0v) is 13.0. The second-order valence-electron chi connectivity index (χ2n) is 5.01. The average molecular weight is 295 g/mol. The van der Waals surface area contributed by atoms with Crippen LogP contribution in [0.25, 0.3) is 0 Å². The summed E-state index contributed by atoms with van der Waals surface area (Å²) in [4.78, 5) is 0.168. The van der Waals surface area contributed by atoms with E-state index in [2.05, 4.69) is 5.92 Å². The molecule has 1 aromatic rings. The van der Waals surface area contributed by atoms with Gasteiger partial charge in [-0.05, 0) is 42.5 Å². The summed E-state index contributed by atoms with van der Waals surface area (Å²) < 4.78 is 28.9. The summed E-state index contributed by atoms with van der Waals surface area (Å²) >= 11 is 0. The Hall–Kier alpha value is -1.51. The molecule has 0 aliphatic rings. The van der Waals surface area contributed by atoms with Gasteiger partial charge in [0, 0.05) is 6.42 Å². The van der Waals surface area contributed by atoms with E-state index in [1.165, 1.54) is 0 Å². The van der Waals surface area contributed by atoms with E-state index in [0.717, 1.165) is 12.0 Å². The molecule has 0 spiro atoms. The Bertz CT molecular complexity index is 613. The van der Waals surface area contributed by atoms with Crippen molar-refractivity contribution in [1.29, 1.82) is 0 Å². The summed E-state index contributed by atoms with van der Waals surface area (Å²) in [5, 5.41) is 5.26. The molecule has 2 N–H and O–H groups in total. The molecule has 5 heteroatoms. The lowest BCUT2D eigenvalue weighted by Gasteiger charge is -2.16. The Morgan fingerprint density at radius 2 is 2.05 bits per heavy atom. The van der Waals surface area contributed by atoms with Crippen LogP contribution in [0.3, 0.4) is 0 Å². The van der Waals surface area contributed by atoms with Gasteiger partial charge in [0.15, 0.2) is 0 Å². The lowest BCUT2D eigenvalue weighted by molar-refractivity contribution is 0.310. The second-order valence-corrected chi connectivity index (χ2v) is 6.54. The van der Waals surface area contributed by atoms with Crippen LogP contribution in [0.15, 0.2) is 17.0 Å². The van der Waals surface area contributed by atoms with Crippen molar-refractivity contribution in [3.05, 3.63) is 23.3 Å². The molecule has 0 atom stereocenters. The molecule has 0 saturated heterocycles. The van der Waals surface area contributed by atoms with Crippen LogP contribution in [0.5, 0.6) is 5.75 Å². The lowest BCUT2D eigenvalue weighted by atomic mass is 10.0. The van der Waals surface area contributed by atoms with Gasteiger partial charge >= 0.3 is 0 Å². The van der Waals surface area contributed by atoms with Gasteiger partial charge in [-0.3, -0.25) is 0 Å². The Balaban J connectivity index is 3.12. The van der Waals surface area contributed by atoms with Gasteiger partial charge in [-0.2, -0.15) is 0 Å². The predicted molar refractivity (Wildman–Crippen MR) is 80.2 cm³/mol. The zero-order chi connectivity index (χ0) is 15.3. The van der Waals surface area contributed by atoms with Crippen molar-refractivity contribution < 1.29 is 13.2 Å². The average Bonchev–Trinajstić information content (AvgIpc) is 2.34. The third kappa shape index (κ3) is 4.26. The minimum atomic E-state index is -3.73. The van der Waals surface area contributed by atoms with Gasteiger partial charge in [0.25, 0.3) is 0 Å². The molecule has 0 radical (unpaired) electrons. The summed E-state index contributed by atoms with van der Waals surface area (Å²) in [6.07, 6.45) is 6.61. The van der Waals surface area contributed by atoms with Crippen molar-refractivity contribution in [2.24, 2.45) is 5.14 Å². The quantitative estimate of drug-likeness (QED) is 0.647. The molecule has 0 unspecified atom stereocenters. The number of benzene rings is 1. The van der Waals surface area contributed by atoms with Crippen molar-refractivity contribution in [3.63, 3.8) is 0 Å². The fourth-order valence-corrected chi connectivity index (χ4v) is 2.85. The minimum absolute atomic E-state index is 0.0389. The van der Waals surface area contributed by atoms with Gasteiger partial charge < -0.3 is 4.74 Å². The number of terminal acetylenes is 1. The molecule has 20 heavy (non-hydrogen) atoms. The molecular weight excluding hydrogens is 274 g/mol. The fourth-order valence-electron chi connectivity index (χ4n) is 1.89. The second kappa shape index (κ2) is 6.78. The van der Waals surface area contributed by atoms with Crippen molar-refractivity contribution >= 4 is 10.0 Å². The van der Waals surface area contributed by atoms with E-state index in [9.17, 15) is 8.42 Å². The molecule has 0 amide bonds. The molecule has 110 valence electrons. The first-order valence-corrected chi connectivity index (χ1v) is 8.05. The SMILES string of the molecule is C#CCCCOc1cc(C(C)C)c(S(N)(=O)=O)cc1C. The summed E-state index contributed by atoms with van der Waals surface area (Å²) in [5.74, 6) is 3.27. The van der Waals surface area contributed by atoms with Gasteiger partial charge in [-0.15, -0.1) is 12.3 Å². The molecule has 0 aliphatic heterocycles. The van der Waals surface area contributed by atoms with Crippen LogP contribution in [-0.2, 0) is 10.0 Å². The van der Waals surface area contributed by atoms with Crippen molar-refractivity contribution in [2.75, 3.05) is 6.61 Å². The first-order chi connectivity index (χ1) is 9.27. The number of primary sulfonamides is 1. The highest BCUT2D eigenvalue weighted by molar-refractivity contribution is 7.89. The molecular formula is C15H21NO3S. The summed E-state index contributed by atoms with van der Waals surface area (Å²) in [7, 11) is -3.73. The van der Waals surface area contributed by atoms with Gasteiger partial charge in [0.2, 0.25) is 10.0 Å². The lowest BCUT2D eigenvalue weighted by Crippen LogP contribution is -2.16. The normalized spacial score (nSPS) is 11.4. The Morgan fingerprint density at radius 3 is 2.55 bits per heavy atom. The Labute approximate surface area is 121 Å². The number of rotatable bonds is 6. The minimum Gasteiger partial charge on any atom is -0.493 e. The van der Waals surface area contributed by atoms with E-state index in [4.69, 9.17) is 16.3 Å². The predicted octanol–water partition coefficient (Wildman–Crippen LogP) is 2.56. The van der Waals surface area contributed by atoms with Crippen molar-refractivity contribution in [1.82, 2.24) is 0 Å². The first-order valence-electron chi connectivity index (χ1n) is 6.51. The maximum Gasteiger partial charge on any atom is 0.238 e. The zero-order valence-electron chi connectivity index (χ0n) is 12.1. The smallest absolute Gasteiger partial charge is 0.238 e. The van der Waals surface area contributed by atoms with Gasteiger partial charge in [-0.25, -0.2) is 13.6 Å². The third-order valence-electron chi connectivity index (χ3n) is 2.96. The van der Waals surface area contributed by atoms with E-state index in [-0.39, 0.29) is 10.8 Å². The summed E-state index contributed by atoms with van der Waals surface area (Å²) in [5.41, 5.74) is 1.42. The number of sulfonamides is 1. The Morgan fingerprint density at radius 1 is 1.40 bits per heavy atom. The number of nitrogens with two attached hydrogens (primary N) is 1. The summed E-state index contributed by atoms with van der Waals surface area (Å²) in [6.45, 7) is 6.15. The van der Waals surface area contributed by atoms with Crippen LogP contribution in [0.4, 0.5) is 0 Å². The van der Waals surface area contributed by atoms with E-state index >= 15 is 0 Å². The molecule has 0 aromatic heterocycles. The Kier molecular flexibility index (Phi) is 5.61. The van der Waals surface area contributed by atoms with E-state index in [0.29, 0.717) is 24.3 Å². The van der Waals surface area contributed by atoms with Crippen LogP contribution in [0.2, 0.25) is 0 Å². The third-order valence-corrected chi connectivity index (χ3v) is 3.93. The highest BCUT2D eigenvalue weighted by atomic mass is 32.2. The number of hydrogen-bond acceptors (Lipinski definition) is 3. The van der Waals surface area contributed by atoms with E-state index in [1.54, 1.807) is 19.1 Å². The monoisotopic (exact) mass is 295 g/mol. The number of unbranched alkanes of at least 4 members (excludes halogenated alkanes) is 1. The van der Waals surface area contributed by atoms with Crippen LogP contribution in [0, 0.1) is 19.3 Å². The molecule has 1 rings (SSSR count). The number of ether oxygens (including phenoxy) is 1. The maximum absolute atomic E-state index is 11.6. The fraction of sp³-hybridized carbons (Fsp3) is 0.467. The highest BCUT2D eigenvalue weighted by Crippen LogP contribution is 2.30. The largest absolute Gasteiger partial charge is 0.493 e. The number of aryl methyl sites for hydroxylation is 1. The molecule has 4 nitrogen and oxygen atoms in total. The van der Waals surface area contributed by atoms with Crippen LogP contribution in [0.1, 0.15) is 43.7 Å². The van der Waals surface area contributed by atoms with Crippen molar-refractivity contribution in [3.8, 4) is 18.1 Å². The molecule has 1 aromatic carbocycles. The molecule has 0 bridgehead atoms. The topological polar surface area (TPSA) is 69.4 Å². The van der Waals surface area contributed by atoms with Gasteiger partial charge in [0.05, 0.1) is 11.5 Å². The van der Waals surface area contributed by atoms with Gasteiger partial charge in [0.1, 0.15) is 5.75 Å². The maximum atomic E-state index is 11.6. The van der Waals surface area contributed by atoms with Crippen LogP contribution in [-0.4, -0.2) is 15.0 Å². The molecule has 0 aliphatic carbocycles. The standard InChI is InChI=1S/C15H21NO3S/c1-5-6-7-8-19-14-10-13(11(2)3)15(9-12(14)4)20(16,17)18/h1,9-11H,6-8H2,2-4H3,(H2,16,17,18). The number of hydrogen-bond donors (Lipinski definition) is 1. The van der Waals surface area contributed by atoms with E-state index in [1.807, 2.05) is 13.8 Å². The van der Waals surface area contributed by atoms with E-state index < -0.39 is 10.0 Å². The van der Waals surface area contributed by atoms with Crippen LogP contribution >= 0.6 is 0 Å². The summed E-state index contributed by atoms with van der Waals surface area (Å²) in [6, 6.07) is 3.33. The molecule has 0 saturated carbocycles. The van der Waals surface area contributed by atoms with Crippen LogP contribution < -0.4 is 9.88 Å². The first kappa shape index (κ1) is 16.5.